The molecule has 5 nitrogen and oxygen atoms in total. The van der Waals surface area contributed by atoms with Gasteiger partial charge in [-0.05, 0) is 43.0 Å². The third-order valence-corrected chi connectivity index (χ3v) is 5.54. The Morgan fingerprint density at radius 2 is 1.70 bits per heavy atom. The quantitative estimate of drug-likeness (QED) is 0.427. The number of nitrogens with zero attached hydrogens (tertiary/aromatic N) is 5. The number of rotatable bonds is 5. The smallest absolute Gasteiger partial charge is 0.159 e. The summed E-state index contributed by atoms with van der Waals surface area (Å²) < 4.78 is 4.22. The van der Waals surface area contributed by atoms with Gasteiger partial charge in [-0.1, -0.05) is 36.4 Å². The van der Waals surface area contributed by atoms with E-state index in [-0.39, 0.29) is 0 Å². The fourth-order valence-electron chi connectivity index (χ4n) is 3.98. The fraction of sp³-hybridized carbons (Fsp3) is 0.160. The molecular formula is C25H23N5. The van der Waals surface area contributed by atoms with Crippen molar-refractivity contribution in [2.45, 2.75) is 19.8 Å². The summed E-state index contributed by atoms with van der Waals surface area (Å²) in [6.07, 6.45) is 11.5. The second-order valence-corrected chi connectivity index (χ2v) is 7.59. The summed E-state index contributed by atoms with van der Waals surface area (Å²) in [5.41, 5.74) is 8.72. The number of fused-ring (bicyclic) bond motifs is 1. The molecule has 5 aromatic rings. The molecule has 0 N–H and O–H groups in total. The van der Waals surface area contributed by atoms with Crippen LogP contribution < -0.4 is 0 Å². The first kappa shape index (κ1) is 18.3. The SMILES string of the molecule is Cc1cc(CCc2nccn3c(-c4ccccc4)cnc23)cnc1-c1cccn1C. The van der Waals surface area contributed by atoms with E-state index in [2.05, 4.69) is 50.1 Å². The molecule has 0 atom stereocenters. The van der Waals surface area contributed by atoms with Gasteiger partial charge in [-0.2, -0.15) is 0 Å². The molecule has 0 aliphatic rings. The van der Waals surface area contributed by atoms with Crippen LogP contribution in [0, 0.1) is 6.92 Å². The number of hydrogen-bond acceptors (Lipinski definition) is 3. The molecule has 30 heavy (non-hydrogen) atoms. The Morgan fingerprint density at radius 1 is 0.833 bits per heavy atom. The maximum atomic E-state index is 4.74. The monoisotopic (exact) mass is 393 g/mol. The molecule has 4 aromatic heterocycles. The van der Waals surface area contributed by atoms with E-state index >= 15 is 0 Å². The van der Waals surface area contributed by atoms with E-state index < -0.39 is 0 Å². The van der Waals surface area contributed by atoms with Crippen LogP contribution in [0.4, 0.5) is 0 Å². The number of hydrogen-bond donors (Lipinski definition) is 0. The van der Waals surface area contributed by atoms with E-state index in [0.29, 0.717) is 0 Å². The summed E-state index contributed by atoms with van der Waals surface area (Å²) in [6.45, 7) is 2.12. The molecule has 5 rings (SSSR count). The predicted octanol–water partition coefficient (Wildman–Crippen LogP) is 4.89. The summed E-state index contributed by atoms with van der Waals surface area (Å²) in [5, 5.41) is 0. The van der Waals surface area contributed by atoms with Gasteiger partial charge in [0.2, 0.25) is 0 Å². The number of aryl methyl sites for hydroxylation is 4. The Kier molecular flexibility index (Phi) is 4.64. The van der Waals surface area contributed by atoms with Crippen LogP contribution in [-0.4, -0.2) is 23.9 Å². The van der Waals surface area contributed by atoms with E-state index in [9.17, 15) is 0 Å². The van der Waals surface area contributed by atoms with E-state index in [1.54, 1.807) is 0 Å². The third kappa shape index (κ3) is 3.28. The van der Waals surface area contributed by atoms with Crippen molar-refractivity contribution in [3.63, 3.8) is 0 Å². The molecule has 1 aromatic carbocycles. The highest BCUT2D eigenvalue weighted by Gasteiger charge is 2.12. The van der Waals surface area contributed by atoms with Gasteiger partial charge in [-0.25, -0.2) is 4.98 Å². The van der Waals surface area contributed by atoms with Crippen LogP contribution in [0.25, 0.3) is 28.3 Å². The van der Waals surface area contributed by atoms with Gasteiger partial charge in [-0.3, -0.25) is 14.4 Å². The first-order chi connectivity index (χ1) is 14.7. The number of imidazole rings is 1. The van der Waals surface area contributed by atoms with Crippen molar-refractivity contribution in [2.24, 2.45) is 7.05 Å². The molecule has 0 fully saturated rings. The molecule has 0 aliphatic carbocycles. The van der Waals surface area contributed by atoms with Crippen molar-refractivity contribution >= 4 is 5.65 Å². The average molecular weight is 393 g/mol. The summed E-state index contributed by atoms with van der Waals surface area (Å²) >= 11 is 0. The summed E-state index contributed by atoms with van der Waals surface area (Å²) in [5.74, 6) is 0. The van der Waals surface area contributed by atoms with Crippen LogP contribution in [0.1, 0.15) is 16.8 Å². The van der Waals surface area contributed by atoms with Crippen molar-refractivity contribution in [3.05, 3.63) is 96.3 Å². The Labute approximate surface area is 175 Å². The van der Waals surface area contributed by atoms with Gasteiger partial charge in [-0.15, -0.1) is 0 Å². The zero-order valence-corrected chi connectivity index (χ0v) is 17.2. The number of benzene rings is 1. The molecular weight excluding hydrogens is 370 g/mol. The highest BCUT2D eigenvalue weighted by atomic mass is 15.0. The summed E-state index contributed by atoms with van der Waals surface area (Å²) in [7, 11) is 2.05. The molecule has 0 saturated heterocycles. The molecule has 148 valence electrons. The lowest BCUT2D eigenvalue weighted by atomic mass is 10.1. The molecule has 5 heteroatoms. The van der Waals surface area contributed by atoms with Gasteiger partial charge >= 0.3 is 0 Å². The van der Waals surface area contributed by atoms with Gasteiger partial charge in [0.25, 0.3) is 0 Å². The second kappa shape index (κ2) is 7.59. The first-order valence-corrected chi connectivity index (χ1v) is 10.1. The average Bonchev–Trinajstić information content (AvgIpc) is 3.39. The highest BCUT2D eigenvalue weighted by molar-refractivity contribution is 5.64. The van der Waals surface area contributed by atoms with Gasteiger partial charge in [0.15, 0.2) is 5.65 Å². The predicted molar refractivity (Wildman–Crippen MR) is 119 cm³/mol. The summed E-state index contributed by atoms with van der Waals surface area (Å²) in [6, 6.07) is 16.7. The van der Waals surface area contributed by atoms with Gasteiger partial charge in [0, 0.05) is 37.4 Å². The van der Waals surface area contributed by atoms with Crippen molar-refractivity contribution in [2.75, 3.05) is 0 Å². The molecule has 4 heterocycles. The largest absolute Gasteiger partial charge is 0.349 e. The first-order valence-electron chi connectivity index (χ1n) is 10.1. The molecule has 0 spiro atoms. The molecule has 0 unspecified atom stereocenters. The highest BCUT2D eigenvalue weighted by Crippen LogP contribution is 2.24. The lowest BCUT2D eigenvalue weighted by Gasteiger charge is -2.09. The van der Waals surface area contributed by atoms with Crippen LogP contribution in [-0.2, 0) is 19.9 Å². The third-order valence-electron chi connectivity index (χ3n) is 5.54. The molecule has 0 amide bonds. The van der Waals surface area contributed by atoms with Crippen molar-refractivity contribution in [1.82, 2.24) is 23.9 Å². The molecule has 0 radical (unpaired) electrons. The minimum atomic E-state index is 0.820. The van der Waals surface area contributed by atoms with E-state index in [4.69, 9.17) is 4.98 Å². The van der Waals surface area contributed by atoms with E-state index in [1.807, 2.05) is 62.3 Å². The maximum Gasteiger partial charge on any atom is 0.159 e. The zero-order valence-electron chi connectivity index (χ0n) is 17.2. The molecule has 0 aliphatic heterocycles. The van der Waals surface area contributed by atoms with E-state index in [1.165, 1.54) is 11.1 Å². The minimum Gasteiger partial charge on any atom is -0.349 e. The normalized spacial score (nSPS) is 11.3. The lowest BCUT2D eigenvalue weighted by molar-refractivity contribution is 0.891. The molecule has 0 saturated carbocycles. The number of aromatic nitrogens is 5. The Balaban J connectivity index is 1.40. The van der Waals surface area contributed by atoms with Crippen LogP contribution in [0.5, 0.6) is 0 Å². The van der Waals surface area contributed by atoms with Crippen LogP contribution in [0.3, 0.4) is 0 Å². The van der Waals surface area contributed by atoms with Gasteiger partial charge < -0.3 is 4.57 Å². The topological polar surface area (TPSA) is 48.0 Å². The van der Waals surface area contributed by atoms with Crippen molar-refractivity contribution < 1.29 is 0 Å². The standard InChI is InChI=1S/C25H23N5/c1-18-15-19(16-27-24(18)22-9-6-13-29(22)2)10-11-21-25-28-17-23(30(25)14-12-26-21)20-7-4-3-5-8-20/h3-9,12-17H,10-11H2,1-2H3. The molecule has 0 bridgehead atoms. The van der Waals surface area contributed by atoms with Crippen molar-refractivity contribution in [3.8, 4) is 22.6 Å². The summed E-state index contributed by atoms with van der Waals surface area (Å²) in [4.78, 5) is 14.0. The Bertz CT molecular complexity index is 1310. The second-order valence-electron chi connectivity index (χ2n) is 7.59. The Hall–Kier alpha value is -3.73. The Morgan fingerprint density at radius 3 is 2.47 bits per heavy atom. The minimum absolute atomic E-state index is 0.820. The zero-order chi connectivity index (χ0) is 20.5. The van der Waals surface area contributed by atoms with Crippen LogP contribution in [0.2, 0.25) is 0 Å². The fourth-order valence-corrected chi connectivity index (χ4v) is 3.98. The lowest BCUT2D eigenvalue weighted by Crippen LogP contribution is -2.01. The number of pyridine rings is 1. The van der Waals surface area contributed by atoms with Gasteiger partial charge in [0.05, 0.1) is 29.0 Å². The van der Waals surface area contributed by atoms with Crippen LogP contribution in [0.15, 0.2) is 79.5 Å². The van der Waals surface area contributed by atoms with Crippen molar-refractivity contribution in [1.29, 1.82) is 0 Å². The maximum absolute atomic E-state index is 4.74. The van der Waals surface area contributed by atoms with Crippen LogP contribution >= 0.6 is 0 Å². The van der Waals surface area contributed by atoms with E-state index in [0.717, 1.165) is 46.8 Å². The van der Waals surface area contributed by atoms with Gasteiger partial charge in [0.1, 0.15) is 0 Å².